The van der Waals surface area contributed by atoms with Crippen LogP contribution in [0.1, 0.15) is 38.7 Å². The van der Waals surface area contributed by atoms with E-state index >= 15 is 0 Å². The Hall–Kier alpha value is -1.36. The van der Waals surface area contributed by atoms with Crippen molar-refractivity contribution in [1.82, 2.24) is 5.32 Å². The third-order valence-electron chi connectivity index (χ3n) is 4.04. The van der Waals surface area contributed by atoms with E-state index in [1.165, 1.54) is 13.5 Å². The molecule has 1 saturated carbocycles. The Bertz CT molecular complexity index is 477. The summed E-state index contributed by atoms with van der Waals surface area (Å²) in [6.45, 7) is 2.15. The molecule has 21 heavy (non-hydrogen) atoms. The van der Waals surface area contributed by atoms with Gasteiger partial charge in [0.1, 0.15) is 0 Å². The zero-order valence-electron chi connectivity index (χ0n) is 12.8. The average molecular weight is 299 g/mol. The quantitative estimate of drug-likeness (QED) is 0.862. The van der Waals surface area contributed by atoms with E-state index in [9.17, 15) is 8.78 Å². The summed E-state index contributed by atoms with van der Waals surface area (Å²) in [5.41, 5.74) is 1.05. The first kappa shape index (κ1) is 16.0. The third-order valence-corrected chi connectivity index (χ3v) is 4.04. The number of nitrogens with one attached hydrogen (secondary N) is 1. The highest BCUT2D eigenvalue weighted by atomic mass is 19.3. The number of methoxy groups -OCH3 is 1. The van der Waals surface area contributed by atoms with Crippen molar-refractivity contribution in [3.05, 3.63) is 23.8 Å². The van der Waals surface area contributed by atoms with Crippen molar-refractivity contribution in [3.8, 4) is 11.5 Å². The SMILES string of the molecule is COc1cccc(CNC2CCC(C)(C)C2)c1OC(F)F. The minimum atomic E-state index is -2.86. The lowest BCUT2D eigenvalue weighted by molar-refractivity contribution is -0.0518. The number of hydrogen-bond acceptors (Lipinski definition) is 3. The van der Waals surface area contributed by atoms with Gasteiger partial charge in [0.05, 0.1) is 7.11 Å². The molecule has 1 unspecified atom stereocenters. The smallest absolute Gasteiger partial charge is 0.387 e. The molecule has 1 atom stereocenters. The second-order valence-electron chi connectivity index (χ2n) is 6.31. The summed E-state index contributed by atoms with van der Waals surface area (Å²) in [6.07, 6.45) is 3.40. The highest BCUT2D eigenvalue weighted by Gasteiger charge is 2.30. The molecule has 5 heteroatoms. The summed E-state index contributed by atoms with van der Waals surface area (Å²) in [7, 11) is 1.45. The maximum absolute atomic E-state index is 12.6. The number of halogens is 2. The van der Waals surface area contributed by atoms with Crippen molar-refractivity contribution >= 4 is 0 Å². The van der Waals surface area contributed by atoms with Gasteiger partial charge in [0.2, 0.25) is 0 Å². The second kappa shape index (κ2) is 6.60. The van der Waals surface area contributed by atoms with Crippen LogP contribution >= 0.6 is 0 Å². The van der Waals surface area contributed by atoms with E-state index in [0.29, 0.717) is 29.3 Å². The summed E-state index contributed by atoms with van der Waals surface area (Å²) >= 11 is 0. The van der Waals surface area contributed by atoms with Crippen LogP contribution in [0.15, 0.2) is 18.2 Å². The molecule has 0 aliphatic heterocycles. The molecule has 0 bridgehead atoms. The van der Waals surface area contributed by atoms with Crippen LogP contribution in [0.4, 0.5) is 8.78 Å². The predicted molar refractivity (Wildman–Crippen MR) is 77.9 cm³/mol. The first-order valence-corrected chi connectivity index (χ1v) is 7.25. The Morgan fingerprint density at radius 1 is 1.38 bits per heavy atom. The number of ether oxygens (including phenoxy) is 2. The van der Waals surface area contributed by atoms with E-state index in [-0.39, 0.29) is 5.75 Å². The zero-order valence-corrected chi connectivity index (χ0v) is 12.8. The monoisotopic (exact) mass is 299 g/mol. The molecule has 1 aliphatic rings. The molecule has 0 spiro atoms. The van der Waals surface area contributed by atoms with Gasteiger partial charge in [-0.3, -0.25) is 0 Å². The summed E-state index contributed by atoms with van der Waals surface area (Å²) in [5.74, 6) is 0.459. The molecule has 0 saturated heterocycles. The lowest BCUT2D eigenvalue weighted by atomic mass is 9.92. The van der Waals surface area contributed by atoms with Gasteiger partial charge in [0.25, 0.3) is 0 Å². The normalized spacial score (nSPS) is 20.8. The van der Waals surface area contributed by atoms with Crippen molar-refractivity contribution < 1.29 is 18.3 Å². The summed E-state index contributed by atoms with van der Waals surface area (Å²) in [6, 6.07) is 5.62. The van der Waals surface area contributed by atoms with Crippen LogP contribution in [0.5, 0.6) is 11.5 Å². The lowest BCUT2D eigenvalue weighted by Gasteiger charge is -2.19. The standard InChI is InChI=1S/C16H23F2NO2/c1-16(2)8-7-12(9-16)19-10-11-5-4-6-13(20-3)14(11)21-15(17)18/h4-6,12,15,19H,7-10H2,1-3H3. The minimum Gasteiger partial charge on any atom is -0.493 e. The molecule has 0 heterocycles. The third kappa shape index (κ3) is 4.30. The fourth-order valence-corrected chi connectivity index (χ4v) is 2.95. The molecule has 3 nitrogen and oxygen atoms in total. The van der Waals surface area contributed by atoms with Gasteiger partial charge in [-0.1, -0.05) is 26.0 Å². The molecular formula is C16H23F2NO2. The Labute approximate surface area is 124 Å². The fraction of sp³-hybridized carbons (Fsp3) is 0.625. The largest absolute Gasteiger partial charge is 0.493 e. The second-order valence-corrected chi connectivity index (χ2v) is 6.31. The molecule has 1 N–H and O–H groups in total. The van der Waals surface area contributed by atoms with Crippen molar-refractivity contribution in [2.24, 2.45) is 5.41 Å². The van der Waals surface area contributed by atoms with Gasteiger partial charge in [0, 0.05) is 18.2 Å². The Kier molecular flexibility index (Phi) is 5.04. The highest BCUT2D eigenvalue weighted by molar-refractivity contribution is 5.46. The molecule has 2 rings (SSSR count). The van der Waals surface area contributed by atoms with Gasteiger partial charge in [-0.2, -0.15) is 8.78 Å². The van der Waals surface area contributed by atoms with E-state index in [1.807, 2.05) is 0 Å². The van der Waals surface area contributed by atoms with Crippen LogP contribution < -0.4 is 14.8 Å². The highest BCUT2D eigenvalue weighted by Crippen LogP contribution is 2.37. The van der Waals surface area contributed by atoms with Crippen molar-refractivity contribution in [2.75, 3.05) is 7.11 Å². The van der Waals surface area contributed by atoms with Crippen LogP contribution in [0.2, 0.25) is 0 Å². The van der Waals surface area contributed by atoms with E-state index in [4.69, 9.17) is 4.74 Å². The Morgan fingerprint density at radius 2 is 2.14 bits per heavy atom. The van der Waals surface area contributed by atoms with Crippen molar-refractivity contribution in [2.45, 2.75) is 52.3 Å². The molecule has 1 aromatic carbocycles. The van der Waals surface area contributed by atoms with Crippen LogP contribution in [-0.2, 0) is 6.54 Å². The molecule has 1 aliphatic carbocycles. The fourth-order valence-electron chi connectivity index (χ4n) is 2.95. The van der Waals surface area contributed by atoms with Gasteiger partial charge in [-0.25, -0.2) is 0 Å². The number of benzene rings is 1. The van der Waals surface area contributed by atoms with Gasteiger partial charge in [-0.05, 0) is 30.7 Å². The van der Waals surface area contributed by atoms with Crippen LogP contribution in [0, 0.1) is 5.41 Å². The first-order valence-electron chi connectivity index (χ1n) is 7.25. The van der Waals surface area contributed by atoms with Crippen LogP contribution in [-0.4, -0.2) is 19.8 Å². The van der Waals surface area contributed by atoms with Gasteiger partial charge >= 0.3 is 6.61 Å². The number of hydrogen-bond donors (Lipinski definition) is 1. The maximum atomic E-state index is 12.6. The van der Waals surface area contributed by atoms with Gasteiger partial charge in [-0.15, -0.1) is 0 Å². The summed E-state index contributed by atoms with van der Waals surface area (Å²) < 4.78 is 34.9. The average Bonchev–Trinajstić information content (AvgIpc) is 2.76. The molecule has 0 amide bonds. The van der Waals surface area contributed by atoms with Crippen molar-refractivity contribution in [3.63, 3.8) is 0 Å². The number of para-hydroxylation sites is 1. The summed E-state index contributed by atoms with van der Waals surface area (Å²) in [4.78, 5) is 0. The molecular weight excluding hydrogens is 276 g/mol. The van der Waals surface area contributed by atoms with E-state index < -0.39 is 6.61 Å². The lowest BCUT2D eigenvalue weighted by Crippen LogP contribution is -2.27. The first-order chi connectivity index (χ1) is 9.91. The van der Waals surface area contributed by atoms with Crippen molar-refractivity contribution in [1.29, 1.82) is 0 Å². The van der Waals surface area contributed by atoms with E-state index in [2.05, 4.69) is 23.9 Å². The Balaban J connectivity index is 2.05. The number of alkyl halides is 2. The van der Waals surface area contributed by atoms with Gasteiger partial charge in [0.15, 0.2) is 11.5 Å². The predicted octanol–water partition coefficient (Wildman–Crippen LogP) is 3.96. The zero-order chi connectivity index (χ0) is 15.5. The Morgan fingerprint density at radius 3 is 2.71 bits per heavy atom. The molecule has 118 valence electrons. The molecule has 1 fully saturated rings. The van der Waals surface area contributed by atoms with Gasteiger partial charge < -0.3 is 14.8 Å². The van der Waals surface area contributed by atoms with E-state index in [1.54, 1.807) is 18.2 Å². The molecule has 0 radical (unpaired) electrons. The topological polar surface area (TPSA) is 30.5 Å². The number of rotatable bonds is 6. The minimum absolute atomic E-state index is 0.125. The van der Waals surface area contributed by atoms with Crippen LogP contribution in [0.25, 0.3) is 0 Å². The molecule has 0 aromatic heterocycles. The maximum Gasteiger partial charge on any atom is 0.387 e. The van der Waals surface area contributed by atoms with E-state index in [0.717, 1.165) is 12.8 Å². The summed E-state index contributed by atoms with van der Waals surface area (Å²) in [5, 5.41) is 3.44. The van der Waals surface area contributed by atoms with Crippen LogP contribution in [0.3, 0.4) is 0 Å². The molecule has 1 aromatic rings.